The lowest BCUT2D eigenvalue weighted by molar-refractivity contribution is 0.0469. The summed E-state index contributed by atoms with van der Waals surface area (Å²) >= 11 is 12.5. The minimum atomic E-state index is -0.670. The first-order chi connectivity index (χ1) is 22.5. The Hall–Kier alpha value is -5.66. The monoisotopic (exact) mass is 673 g/mol. The Morgan fingerprint density at radius 2 is 1.17 bits per heavy atom. The number of para-hydroxylation sites is 2. The number of hydrogen-bond acceptors (Lipinski definition) is 5. The van der Waals surface area contributed by atoms with Gasteiger partial charge in [0.15, 0.2) is 0 Å². The fraction of sp³-hybridized carbons (Fsp3) is 0.125. The van der Waals surface area contributed by atoms with Crippen LogP contribution < -0.4 is 26.9 Å². The van der Waals surface area contributed by atoms with E-state index in [1.54, 1.807) is 78.9 Å². The van der Waals surface area contributed by atoms with Gasteiger partial charge in [-0.15, -0.1) is 0 Å². The molecule has 0 saturated carbocycles. The van der Waals surface area contributed by atoms with E-state index in [4.69, 9.17) is 23.2 Å². The molecule has 2 aromatic heterocycles. The first kappa shape index (κ1) is 31.3. The molecule has 0 fully saturated rings. The lowest BCUT2D eigenvalue weighted by Crippen LogP contribution is -2.52. The lowest BCUT2D eigenvalue weighted by atomic mass is 10.1. The summed E-state index contributed by atoms with van der Waals surface area (Å²) in [6.45, 7) is -0.117. The van der Waals surface area contributed by atoms with E-state index in [1.165, 1.54) is 10.0 Å². The van der Waals surface area contributed by atoms with E-state index >= 15 is 0 Å². The molecule has 0 unspecified atom stereocenters. The van der Waals surface area contributed by atoms with Crippen LogP contribution in [0.4, 0.5) is 26.7 Å². The van der Waals surface area contributed by atoms with Gasteiger partial charge in [0.25, 0.3) is 0 Å². The average Bonchev–Trinajstić information content (AvgIpc) is 3.62. The normalized spacial score (nSPS) is 11.1. The van der Waals surface area contributed by atoms with Gasteiger partial charge in [-0.25, -0.2) is 29.2 Å². The molecule has 0 saturated heterocycles. The second-order valence-electron chi connectivity index (χ2n) is 10.9. The first-order valence-electron chi connectivity index (χ1n) is 14.3. The van der Waals surface area contributed by atoms with Crippen molar-refractivity contribution in [3.8, 4) is 0 Å². The van der Waals surface area contributed by atoms with Gasteiger partial charge in [-0.3, -0.25) is 0 Å². The maximum atomic E-state index is 14.4. The number of halogens is 2. The second kappa shape index (κ2) is 13.0. The molecular formula is C32H29Cl2N9O4. The molecule has 4 aromatic carbocycles. The van der Waals surface area contributed by atoms with Crippen molar-refractivity contribution in [1.29, 1.82) is 0 Å². The molecule has 0 spiro atoms. The number of nitrogens with zero attached hydrogens (tertiary/aromatic N) is 3. The third-order valence-corrected chi connectivity index (χ3v) is 7.93. The highest BCUT2D eigenvalue weighted by Gasteiger charge is 2.29. The number of hydrazine groups is 1. The summed E-state index contributed by atoms with van der Waals surface area (Å²) in [4.78, 5) is 65.4. The molecule has 4 amide bonds. The molecule has 0 atom stereocenters. The van der Waals surface area contributed by atoms with Crippen LogP contribution in [0.25, 0.3) is 22.1 Å². The van der Waals surface area contributed by atoms with Gasteiger partial charge < -0.3 is 35.5 Å². The van der Waals surface area contributed by atoms with Gasteiger partial charge in [0.05, 0.1) is 46.5 Å². The third-order valence-electron chi connectivity index (χ3n) is 7.44. The van der Waals surface area contributed by atoms with E-state index in [0.29, 0.717) is 54.6 Å². The molecule has 2 heterocycles. The Balaban J connectivity index is 1.45. The van der Waals surface area contributed by atoms with E-state index < -0.39 is 23.4 Å². The summed E-state index contributed by atoms with van der Waals surface area (Å²) in [5, 5.41) is 9.26. The molecule has 13 nitrogen and oxygen atoms in total. The van der Waals surface area contributed by atoms with Gasteiger partial charge in [0.1, 0.15) is 0 Å². The molecule has 0 aliphatic rings. The number of anilines is 3. The van der Waals surface area contributed by atoms with Crippen molar-refractivity contribution in [1.82, 2.24) is 30.0 Å². The van der Waals surface area contributed by atoms with Crippen molar-refractivity contribution in [3.05, 3.63) is 121 Å². The summed E-state index contributed by atoms with van der Waals surface area (Å²) in [6.07, 6.45) is 0. The Bertz CT molecular complexity index is 2220. The highest BCUT2D eigenvalue weighted by atomic mass is 35.5. The minimum Gasteiger partial charge on any atom is -0.377 e. The van der Waals surface area contributed by atoms with E-state index in [-0.39, 0.29) is 13.1 Å². The number of nitrogens with one attached hydrogen (secondary N) is 6. The van der Waals surface area contributed by atoms with Gasteiger partial charge >= 0.3 is 23.4 Å². The van der Waals surface area contributed by atoms with E-state index in [1.807, 2.05) is 19.0 Å². The highest BCUT2D eigenvalue weighted by molar-refractivity contribution is 6.31. The van der Waals surface area contributed by atoms with E-state index in [9.17, 15) is 19.2 Å². The Labute approximate surface area is 277 Å². The fourth-order valence-corrected chi connectivity index (χ4v) is 5.52. The number of H-pyrrole nitrogens is 4. The summed E-state index contributed by atoms with van der Waals surface area (Å²) in [6, 6.07) is 20.9. The molecule has 0 aliphatic heterocycles. The van der Waals surface area contributed by atoms with Crippen LogP contribution in [0.3, 0.4) is 0 Å². The molecule has 240 valence electrons. The Morgan fingerprint density at radius 1 is 0.660 bits per heavy atom. The highest BCUT2D eigenvalue weighted by Crippen LogP contribution is 2.28. The standard InChI is InChI=1S/C32H29Cl2N9O4/c1-41(2)26-15-21(34)14-11-19(26)17-43(32(47)38-25-8-4-6-23-28(25)40-30(45)36-23)42(16-18-9-12-20(33)13-10-18)31(46)37-24-7-3-5-22-27(24)39-29(44)35-22/h3-15H,16-17H2,1-2H3,(H,37,46)(H,38,47)(H2,35,39,44)(H2,36,40,45). The first-order valence-corrected chi connectivity index (χ1v) is 15.1. The molecule has 0 bridgehead atoms. The number of imidazole rings is 2. The summed E-state index contributed by atoms with van der Waals surface area (Å²) < 4.78 is 0. The molecule has 0 aliphatic carbocycles. The number of aromatic nitrogens is 4. The summed E-state index contributed by atoms with van der Waals surface area (Å²) in [5.74, 6) is 0. The number of carbonyl (C=O) groups is 2. The smallest absolute Gasteiger partial charge is 0.341 e. The third kappa shape index (κ3) is 6.81. The van der Waals surface area contributed by atoms with Crippen molar-refractivity contribution in [2.75, 3.05) is 29.6 Å². The van der Waals surface area contributed by atoms with Gasteiger partial charge in [0, 0.05) is 29.8 Å². The van der Waals surface area contributed by atoms with Crippen LogP contribution in [-0.2, 0) is 13.1 Å². The van der Waals surface area contributed by atoms with Gasteiger partial charge in [-0.2, -0.15) is 0 Å². The number of hydrogen-bond donors (Lipinski definition) is 6. The lowest BCUT2D eigenvalue weighted by Gasteiger charge is -2.36. The molecule has 0 radical (unpaired) electrons. The molecule has 6 N–H and O–H groups in total. The van der Waals surface area contributed by atoms with Crippen molar-refractivity contribution in [2.45, 2.75) is 13.1 Å². The van der Waals surface area contributed by atoms with Crippen LogP contribution in [0.2, 0.25) is 10.0 Å². The van der Waals surface area contributed by atoms with Crippen molar-refractivity contribution in [2.24, 2.45) is 0 Å². The Kier molecular flexibility index (Phi) is 8.66. The zero-order chi connectivity index (χ0) is 33.2. The van der Waals surface area contributed by atoms with Gasteiger partial charge in [0.2, 0.25) is 0 Å². The zero-order valence-corrected chi connectivity index (χ0v) is 26.7. The number of amides is 4. The van der Waals surface area contributed by atoms with Crippen molar-refractivity contribution in [3.63, 3.8) is 0 Å². The topological polar surface area (TPSA) is 165 Å². The molecule has 6 rings (SSSR count). The summed E-state index contributed by atoms with van der Waals surface area (Å²) in [7, 11) is 3.69. The van der Waals surface area contributed by atoms with Crippen LogP contribution in [0, 0.1) is 0 Å². The number of benzene rings is 4. The van der Waals surface area contributed by atoms with E-state index in [2.05, 4.69) is 30.6 Å². The predicted molar refractivity (Wildman–Crippen MR) is 184 cm³/mol. The van der Waals surface area contributed by atoms with Crippen LogP contribution in [-0.4, -0.2) is 56.1 Å². The predicted octanol–water partition coefficient (Wildman–Crippen LogP) is 6.08. The molecule has 15 heteroatoms. The van der Waals surface area contributed by atoms with Gasteiger partial charge in [-0.05, 0) is 59.7 Å². The zero-order valence-electron chi connectivity index (χ0n) is 25.2. The number of urea groups is 2. The van der Waals surface area contributed by atoms with Crippen molar-refractivity contribution < 1.29 is 9.59 Å². The second-order valence-corrected chi connectivity index (χ2v) is 11.8. The number of carbonyl (C=O) groups excluding carboxylic acids is 2. The maximum Gasteiger partial charge on any atom is 0.341 e. The largest absolute Gasteiger partial charge is 0.377 e. The molecule has 47 heavy (non-hydrogen) atoms. The van der Waals surface area contributed by atoms with Crippen LogP contribution in [0.15, 0.2) is 88.5 Å². The molecular weight excluding hydrogens is 645 g/mol. The number of aromatic amines is 4. The quantitative estimate of drug-likeness (QED) is 0.113. The van der Waals surface area contributed by atoms with Crippen LogP contribution >= 0.6 is 23.2 Å². The molecule has 6 aromatic rings. The minimum absolute atomic E-state index is 0.0495. The summed E-state index contributed by atoms with van der Waals surface area (Å²) in [5.41, 5.74) is 3.65. The Morgan fingerprint density at radius 3 is 1.70 bits per heavy atom. The number of rotatable bonds is 7. The SMILES string of the molecule is CN(C)c1cc(Cl)ccc1CN(C(=O)Nc1cccc2[nH]c(=O)[nH]c12)N(Cc1ccc(Cl)cc1)C(=O)Nc1cccc2[nH]c(=O)[nH]c12. The number of fused-ring (bicyclic) bond motifs is 2. The van der Waals surface area contributed by atoms with Crippen LogP contribution in [0.5, 0.6) is 0 Å². The average molecular weight is 675 g/mol. The van der Waals surface area contributed by atoms with Crippen LogP contribution in [0.1, 0.15) is 11.1 Å². The fourth-order valence-electron chi connectivity index (χ4n) is 5.23. The maximum absolute atomic E-state index is 14.4. The van der Waals surface area contributed by atoms with E-state index in [0.717, 1.165) is 5.69 Å². The van der Waals surface area contributed by atoms with Gasteiger partial charge in [-0.1, -0.05) is 53.5 Å². The van der Waals surface area contributed by atoms with Crippen molar-refractivity contribution >= 4 is 74.4 Å².